The van der Waals surface area contributed by atoms with Gasteiger partial charge in [-0.3, -0.25) is 4.79 Å². The molecule has 0 fully saturated rings. The number of aromatic nitrogens is 5. The molecule has 0 saturated carbocycles. The lowest BCUT2D eigenvalue weighted by atomic mass is 10.0. The van der Waals surface area contributed by atoms with E-state index in [4.69, 9.17) is 21.6 Å². The van der Waals surface area contributed by atoms with E-state index in [0.29, 0.717) is 33.1 Å². The molecule has 0 spiro atoms. The van der Waals surface area contributed by atoms with Gasteiger partial charge >= 0.3 is 0 Å². The van der Waals surface area contributed by atoms with Crippen LogP contribution in [0.5, 0.6) is 0 Å². The van der Waals surface area contributed by atoms with E-state index in [1.807, 2.05) is 42.5 Å². The van der Waals surface area contributed by atoms with Crippen molar-refractivity contribution in [3.8, 4) is 22.5 Å². The largest absolute Gasteiger partial charge is 0.345 e. The first-order valence-corrected chi connectivity index (χ1v) is 8.66. The Morgan fingerprint density at radius 1 is 0.889 bits per heavy atom. The Balaban J connectivity index is 1.86. The van der Waals surface area contributed by atoms with E-state index in [1.54, 1.807) is 12.4 Å². The van der Waals surface area contributed by atoms with Crippen LogP contribution in [0, 0.1) is 0 Å². The number of rotatable bonds is 2. The first kappa shape index (κ1) is 15.7. The monoisotopic (exact) mass is 373 g/mol. The Hall–Kier alpha value is -3.51. The molecule has 0 amide bonds. The summed E-state index contributed by atoms with van der Waals surface area (Å²) in [5.41, 5.74) is 5.41. The summed E-state index contributed by atoms with van der Waals surface area (Å²) in [7, 11) is 0. The first-order valence-electron chi connectivity index (χ1n) is 8.28. The Kier molecular flexibility index (Phi) is 3.51. The fourth-order valence-electron chi connectivity index (χ4n) is 3.11. The topological polar surface area (TPSA) is 87.3 Å². The minimum absolute atomic E-state index is 0.217. The lowest BCUT2D eigenvalue weighted by Gasteiger charge is -2.11. The van der Waals surface area contributed by atoms with E-state index in [-0.39, 0.29) is 5.56 Å². The molecule has 130 valence electrons. The highest BCUT2D eigenvalue weighted by molar-refractivity contribution is 6.35. The zero-order chi connectivity index (χ0) is 18.4. The fraction of sp³-hybridized carbons (Fsp3) is 0. The Morgan fingerprint density at radius 3 is 2.56 bits per heavy atom. The number of H-pyrrole nitrogens is 2. The Bertz CT molecular complexity index is 1360. The van der Waals surface area contributed by atoms with Gasteiger partial charge in [-0.15, -0.1) is 0 Å². The van der Waals surface area contributed by atoms with Crippen LogP contribution < -0.4 is 5.56 Å². The standard InChI is InChI=1S/C20H12ClN5O/c21-13-8-12(9-15-19(13)23-10-22-15)18-17(11-4-2-1-3-5-11)26-20-14(24-18)6-7-16(27)25-20/h1-10H,(H,22,23)(H,25,26,27). The van der Waals surface area contributed by atoms with E-state index in [9.17, 15) is 4.79 Å². The average Bonchev–Trinajstić information content (AvgIpc) is 3.17. The highest BCUT2D eigenvalue weighted by atomic mass is 35.5. The number of hydrogen-bond acceptors (Lipinski definition) is 4. The molecule has 2 aromatic carbocycles. The molecule has 0 radical (unpaired) electrons. The molecule has 3 heterocycles. The SMILES string of the molecule is O=c1ccc2nc(-c3cc(Cl)c4nc[nH]c4c3)c(-c3ccccc3)nc2[nH]1. The summed E-state index contributed by atoms with van der Waals surface area (Å²) >= 11 is 6.41. The number of hydrogen-bond donors (Lipinski definition) is 2. The van der Waals surface area contributed by atoms with Crippen molar-refractivity contribution in [2.75, 3.05) is 0 Å². The molecule has 5 aromatic rings. The van der Waals surface area contributed by atoms with Crippen molar-refractivity contribution in [1.29, 1.82) is 0 Å². The maximum Gasteiger partial charge on any atom is 0.249 e. The van der Waals surface area contributed by atoms with Gasteiger partial charge in [-0.2, -0.15) is 0 Å². The first-order chi connectivity index (χ1) is 13.2. The predicted molar refractivity (Wildman–Crippen MR) is 106 cm³/mol. The van der Waals surface area contributed by atoms with Crippen molar-refractivity contribution >= 4 is 33.8 Å². The summed E-state index contributed by atoms with van der Waals surface area (Å²) in [5, 5.41) is 0.533. The van der Waals surface area contributed by atoms with E-state index in [0.717, 1.165) is 16.6 Å². The van der Waals surface area contributed by atoms with Gasteiger partial charge in [0.25, 0.3) is 0 Å². The van der Waals surface area contributed by atoms with E-state index in [1.165, 1.54) is 6.07 Å². The zero-order valence-electron chi connectivity index (χ0n) is 13.9. The molecule has 0 aliphatic heterocycles. The molecule has 5 rings (SSSR count). The van der Waals surface area contributed by atoms with Crippen molar-refractivity contribution in [1.82, 2.24) is 24.9 Å². The highest BCUT2D eigenvalue weighted by Crippen LogP contribution is 2.34. The van der Waals surface area contributed by atoms with Gasteiger partial charge in [0, 0.05) is 17.2 Å². The molecular formula is C20H12ClN5O. The van der Waals surface area contributed by atoms with Crippen LogP contribution in [0.2, 0.25) is 5.02 Å². The fourth-order valence-corrected chi connectivity index (χ4v) is 3.38. The van der Waals surface area contributed by atoms with E-state index < -0.39 is 0 Å². The molecule has 0 aliphatic carbocycles. The molecular weight excluding hydrogens is 362 g/mol. The third-order valence-corrected chi connectivity index (χ3v) is 4.64. The van der Waals surface area contributed by atoms with Crippen LogP contribution in [0.15, 0.2) is 65.7 Å². The number of imidazole rings is 1. The van der Waals surface area contributed by atoms with E-state index in [2.05, 4.69) is 15.0 Å². The summed E-state index contributed by atoms with van der Waals surface area (Å²) in [4.78, 5) is 31.2. The number of nitrogens with zero attached hydrogens (tertiary/aromatic N) is 3. The third kappa shape index (κ3) is 2.67. The molecule has 7 heteroatoms. The number of nitrogens with one attached hydrogen (secondary N) is 2. The molecule has 0 saturated heterocycles. The van der Waals surface area contributed by atoms with Crippen LogP contribution in [0.3, 0.4) is 0 Å². The van der Waals surface area contributed by atoms with Crippen molar-refractivity contribution in [3.63, 3.8) is 0 Å². The van der Waals surface area contributed by atoms with Crippen LogP contribution in [-0.4, -0.2) is 24.9 Å². The van der Waals surface area contributed by atoms with Crippen LogP contribution in [-0.2, 0) is 0 Å². The number of aromatic amines is 2. The third-order valence-electron chi connectivity index (χ3n) is 4.35. The maximum absolute atomic E-state index is 11.7. The van der Waals surface area contributed by atoms with Crippen LogP contribution in [0.25, 0.3) is 44.7 Å². The predicted octanol–water partition coefficient (Wildman–Crippen LogP) is 4.18. The maximum atomic E-state index is 11.7. The number of halogens is 1. The summed E-state index contributed by atoms with van der Waals surface area (Å²) in [5.74, 6) is 0. The second-order valence-corrected chi connectivity index (χ2v) is 6.51. The van der Waals surface area contributed by atoms with Gasteiger partial charge in [0.05, 0.1) is 28.3 Å². The van der Waals surface area contributed by atoms with Crippen LogP contribution >= 0.6 is 11.6 Å². The number of fused-ring (bicyclic) bond motifs is 2. The van der Waals surface area contributed by atoms with Gasteiger partial charge in [0.2, 0.25) is 5.56 Å². The van der Waals surface area contributed by atoms with Crippen molar-refractivity contribution < 1.29 is 0 Å². The van der Waals surface area contributed by atoms with Crippen molar-refractivity contribution in [2.24, 2.45) is 0 Å². The Morgan fingerprint density at radius 2 is 1.70 bits per heavy atom. The minimum atomic E-state index is -0.217. The molecule has 27 heavy (non-hydrogen) atoms. The molecule has 0 bridgehead atoms. The minimum Gasteiger partial charge on any atom is -0.345 e. The highest BCUT2D eigenvalue weighted by Gasteiger charge is 2.16. The molecule has 0 atom stereocenters. The molecule has 3 aromatic heterocycles. The number of pyridine rings is 1. The van der Waals surface area contributed by atoms with Gasteiger partial charge in [-0.1, -0.05) is 41.9 Å². The smallest absolute Gasteiger partial charge is 0.249 e. The number of benzene rings is 2. The van der Waals surface area contributed by atoms with Gasteiger partial charge in [-0.25, -0.2) is 15.0 Å². The normalized spacial score (nSPS) is 11.3. The summed E-state index contributed by atoms with van der Waals surface area (Å²) in [6.45, 7) is 0. The van der Waals surface area contributed by atoms with Crippen molar-refractivity contribution in [3.05, 3.63) is 76.3 Å². The lowest BCUT2D eigenvalue weighted by Crippen LogP contribution is -2.06. The summed E-state index contributed by atoms with van der Waals surface area (Å²) in [6.07, 6.45) is 1.61. The second-order valence-electron chi connectivity index (χ2n) is 6.10. The average molecular weight is 374 g/mol. The van der Waals surface area contributed by atoms with Gasteiger partial charge in [0.1, 0.15) is 11.0 Å². The molecule has 0 aliphatic rings. The lowest BCUT2D eigenvalue weighted by molar-refractivity contribution is 1.19. The summed E-state index contributed by atoms with van der Waals surface area (Å²) < 4.78 is 0. The molecule has 6 nitrogen and oxygen atoms in total. The summed E-state index contributed by atoms with van der Waals surface area (Å²) in [6, 6.07) is 16.6. The van der Waals surface area contributed by atoms with Crippen LogP contribution in [0.4, 0.5) is 0 Å². The Labute approximate surface area is 157 Å². The quantitative estimate of drug-likeness (QED) is 0.486. The zero-order valence-corrected chi connectivity index (χ0v) is 14.7. The second kappa shape index (κ2) is 6.03. The van der Waals surface area contributed by atoms with Gasteiger partial charge in [-0.05, 0) is 18.2 Å². The molecule has 0 unspecified atom stereocenters. The van der Waals surface area contributed by atoms with Crippen molar-refractivity contribution in [2.45, 2.75) is 0 Å². The molecule has 2 N–H and O–H groups in total. The van der Waals surface area contributed by atoms with Gasteiger partial charge in [0.15, 0.2) is 5.65 Å². The van der Waals surface area contributed by atoms with E-state index >= 15 is 0 Å². The van der Waals surface area contributed by atoms with Crippen LogP contribution in [0.1, 0.15) is 0 Å². The van der Waals surface area contributed by atoms with Gasteiger partial charge < -0.3 is 9.97 Å².